The van der Waals surface area contributed by atoms with Gasteiger partial charge in [-0.1, -0.05) is 12.1 Å². The molecule has 0 bridgehead atoms. The van der Waals surface area contributed by atoms with Crippen LogP contribution in [-0.4, -0.2) is 32.1 Å². The first-order valence-corrected chi connectivity index (χ1v) is 7.29. The zero-order valence-corrected chi connectivity index (χ0v) is 15.1. The molecule has 130 valence electrons. The van der Waals surface area contributed by atoms with Crippen molar-refractivity contribution in [2.24, 2.45) is 0 Å². The third kappa shape index (κ3) is 4.11. The molecule has 2 rings (SSSR count). The lowest BCUT2D eigenvalue weighted by Crippen LogP contribution is -2.27. The number of benzene rings is 2. The van der Waals surface area contributed by atoms with E-state index >= 15 is 0 Å². The Bertz CT molecular complexity index is 719. The predicted octanol–water partition coefficient (Wildman–Crippen LogP) is 3.29. The summed E-state index contributed by atoms with van der Waals surface area (Å²) >= 11 is 0. The van der Waals surface area contributed by atoms with Crippen LogP contribution in [0.25, 0.3) is 0 Å². The zero-order chi connectivity index (χ0) is 17.0. The molecular formula is C18H23ClN2O3. The van der Waals surface area contributed by atoms with Crippen molar-refractivity contribution in [1.29, 1.82) is 0 Å². The minimum absolute atomic E-state index is 0. The van der Waals surface area contributed by atoms with Crippen molar-refractivity contribution >= 4 is 24.0 Å². The number of carbonyl (C=O) groups excluding carboxylic acids is 1. The maximum atomic E-state index is 12.5. The van der Waals surface area contributed by atoms with E-state index in [1.807, 2.05) is 25.1 Å². The first-order valence-electron chi connectivity index (χ1n) is 7.29. The highest BCUT2D eigenvalue weighted by molar-refractivity contribution is 5.98. The van der Waals surface area contributed by atoms with E-state index in [1.165, 1.54) is 0 Å². The van der Waals surface area contributed by atoms with Gasteiger partial charge in [-0.2, -0.15) is 0 Å². The van der Waals surface area contributed by atoms with Crippen LogP contribution >= 0.6 is 12.4 Å². The Balaban J connectivity index is 0.00000288. The fraction of sp³-hybridized carbons (Fsp3) is 0.278. The Kier molecular flexibility index (Phi) is 6.92. The SMILES string of the molecule is COc1cc(C)c(CN(C)C(=O)c2ccccc2N)cc1OC.Cl. The highest BCUT2D eigenvalue weighted by Gasteiger charge is 2.16. The minimum atomic E-state index is -0.114. The molecule has 0 aliphatic carbocycles. The number of methoxy groups -OCH3 is 2. The number of nitrogens with two attached hydrogens (primary N) is 1. The zero-order valence-electron chi connectivity index (χ0n) is 14.3. The van der Waals surface area contributed by atoms with Crippen molar-refractivity contribution < 1.29 is 14.3 Å². The molecule has 0 aliphatic heterocycles. The van der Waals surface area contributed by atoms with Crippen molar-refractivity contribution in [2.75, 3.05) is 27.0 Å². The third-order valence-electron chi connectivity index (χ3n) is 3.79. The van der Waals surface area contributed by atoms with E-state index in [2.05, 4.69) is 0 Å². The maximum absolute atomic E-state index is 12.5. The molecule has 0 unspecified atom stereocenters. The lowest BCUT2D eigenvalue weighted by Gasteiger charge is -2.20. The number of anilines is 1. The van der Waals surface area contributed by atoms with E-state index in [9.17, 15) is 4.79 Å². The van der Waals surface area contributed by atoms with Gasteiger partial charge in [0, 0.05) is 19.3 Å². The molecule has 0 fully saturated rings. The number of rotatable bonds is 5. The van der Waals surface area contributed by atoms with E-state index < -0.39 is 0 Å². The van der Waals surface area contributed by atoms with Crippen LogP contribution in [-0.2, 0) is 6.54 Å². The molecule has 2 aromatic rings. The normalized spacial score (nSPS) is 9.83. The Hall–Kier alpha value is -2.40. The lowest BCUT2D eigenvalue weighted by atomic mass is 10.1. The second-order valence-corrected chi connectivity index (χ2v) is 5.38. The molecule has 1 amide bonds. The second-order valence-electron chi connectivity index (χ2n) is 5.38. The van der Waals surface area contributed by atoms with Gasteiger partial charge in [0.05, 0.1) is 19.8 Å². The summed E-state index contributed by atoms with van der Waals surface area (Å²) < 4.78 is 10.6. The Morgan fingerprint density at radius 1 is 1.12 bits per heavy atom. The molecule has 0 aliphatic rings. The summed E-state index contributed by atoms with van der Waals surface area (Å²) in [5, 5.41) is 0. The minimum Gasteiger partial charge on any atom is -0.493 e. The van der Waals surface area contributed by atoms with Crippen LogP contribution in [0, 0.1) is 6.92 Å². The maximum Gasteiger partial charge on any atom is 0.255 e. The topological polar surface area (TPSA) is 64.8 Å². The monoisotopic (exact) mass is 350 g/mol. The number of para-hydroxylation sites is 1. The van der Waals surface area contributed by atoms with E-state index in [0.29, 0.717) is 29.3 Å². The standard InChI is InChI=1S/C18H22N2O3.ClH/c1-12-9-16(22-3)17(23-4)10-13(12)11-20(2)18(21)14-7-5-6-8-15(14)19;/h5-10H,11,19H2,1-4H3;1H. The Labute approximate surface area is 148 Å². The Morgan fingerprint density at radius 3 is 2.29 bits per heavy atom. The molecule has 0 heterocycles. The summed E-state index contributed by atoms with van der Waals surface area (Å²) in [6, 6.07) is 10.9. The van der Waals surface area contributed by atoms with Gasteiger partial charge in [0.15, 0.2) is 11.5 Å². The summed E-state index contributed by atoms with van der Waals surface area (Å²) in [5.41, 5.74) is 8.89. The number of hydrogen-bond acceptors (Lipinski definition) is 4. The van der Waals surface area contributed by atoms with Gasteiger partial charge in [0.25, 0.3) is 5.91 Å². The molecular weight excluding hydrogens is 328 g/mol. The smallest absolute Gasteiger partial charge is 0.255 e. The van der Waals surface area contributed by atoms with Crippen LogP contribution in [0.4, 0.5) is 5.69 Å². The summed E-state index contributed by atoms with van der Waals surface area (Å²) in [7, 11) is 4.95. The number of carbonyl (C=O) groups is 1. The average Bonchev–Trinajstić information content (AvgIpc) is 2.55. The van der Waals surface area contributed by atoms with Crippen LogP contribution in [0.1, 0.15) is 21.5 Å². The van der Waals surface area contributed by atoms with Gasteiger partial charge < -0.3 is 20.1 Å². The molecule has 2 N–H and O–H groups in total. The van der Waals surface area contributed by atoms with Crippen molar-refractivity contribution in [3.63, 3.8) is 0 Å². The van der Waals surface area contributed by atoms with Crippen molar-refractivity contribution in [3.8, 4) is 11.5 Å². The number of halogens is 1. The van der Waals surface area contributed by atoms with Gasteiger partial charge in [0.2, 0.25) is 0 Å². The van der Waals surface area contributed by atoms with Crippen molar-refractivity contribution in [1.82, 2.24) is 4.90 Å². The van der Waals surface area contributed by atoms with Crippen molar-refractivity contribution in [2.45, 2.75) is 13.5 Å². The van der Waals surface area contributed by atoms with E-state index in [-0.39, 0.29) is 18.3 Å². The lowest BCUT2D eigenvalue weighted by molar-refractivity contribution is 0.0786. The number of ether oxygens (including phenoxy) is 2. The number of nitrogen functional groups attached to an aromatic ring is 1. The van der Waals surface area contributed by atoms with Gasteiger partial charge in [-0.3, -0.25) is 4.79 Å². The van der Waals surface area contributed by atoms with E-state index in [1.54, 1.807) is 44.4 Å². The summed E-state index contributed by atoms with van der Waals surface area (Å²) in [5.74, 6) is 1.21. The molecule has 0 atom stereocenters. The Morgan fingerprint density at radius 2 is 1.71 bits per heavy atom. The van der Waals surface area contributed by atoms with Gasteiger partial charge >= 0.3 is 0 Å². The average molecular weight is 351 g/mol. The molecule has 0 saturated heterocycles. The molecule has 2 aromatic carbocycles. The molecule has 24 heavy (non-hydrogen) atoms. The van der Waals surface area contributed by atoms with Crippen LogP contribution < -0.4 is 15.2 Å². The first-order chi connectivity index (χ1) is 11.0. The van der Waals surface area contributed by atoms with Crippen molar-refractivity contribution in [3.05, 3.63) is 53.1 Å². The van der Waals surface area contributed by atoms with E-state index in [0.717, 1.165) is 11.1 Å². The molecule has 0 aromatic heterocycles. The van der Waals surface area contributed by atoms with Crippen LogP contribution in [0.2, 0.25) is 0 Å². The largest absolute Gasteiger partial charge is 0.493 e. The van der Waals surface area contributed by atoms with Gasteiger partial charge in [-0.15, -0.1) is 12.4 Å². The summed E-state index contributed by atoms with van der Waals surface area (Å²) in [6.45, 7) is 2.44. The molecule has 5 nitrogen and oxygen atoms in total. The third-order valence-corrected chi connectivity index (χ3v) is 3.79. The highest BCUT2D eigenvalue weighted by Crippen LogP contribution is 2.31. The summed E-state index contributed by atoms with van der Waals surface area (Å²) in [6.07, 6.45) is 0. The van der Waals surface area contributed by atoms with E-state index in [4.69, 9.17) is 15.2 Å². The number of aryl methyl sites for hydroxylation is 1. The first kappa shape index (κ1) is 19.6. The molecule has 6 heteroatoms. The second kappa shape index (κ2) is 8.45. The van der Waals surface area contributed by atoms with Gasteiger partial charge in [0.1, 0.15) is 0 Å². The fourth-order valence-corrected chi connectivity index (χ4v) is 2.42. The van der Waals surface area contributed by atoms with Gasteiger partial charge in [-0.25, -0.2) is 0 Å². The number of nitrogens with zero attached hydrogens (tertiary/aromatic N) is 1. The van der Waals surface area contributed by atoms with Crippen LogP contribution in [0.5, 0.6) is 11.5 Å². The highest BCUT2D eigenvalue weighted by atomic mass is 35.5. The number of amides is 1. The number of hydrogen-bond donors (Lipinski definition) is 1. The predicted molar refractivity (Wildman–Crippen MR) is 98.2 cm³/mol. The molecule has 0 radical (unpaired) electrons. The van der Waals surface area contributed by atoms with Crippen LogP contribution in [0.15, 0.2) is 36.4 Å². The molecule has 0 spiro atoms. The molecule has 0 saturated carbocycles. The van der Waals surface area contributed by atoms with Crippen LogP contribution in [0.3, 0.4) is 0 Å². The van der Waals surface area contributed by atoms with Gasteiger partial charge in [-0.05, 0) is 42.3 Å². The fourth-order valence-electron chi connectivity index (χ4n) is 2.42. The summed E-state index contributed by atoms with van der Waals surface area (Å²) in [4.78, 5) is 14.2. The quantitative estimate of drug-likeness (QED) is 0.840.